The number of halogens is 5. The summed E-state index contributed by atoms with van der Waals surface area (Å²) in [7, 11) is 0. The van der Waals surface area contributed by atoms with Crippen molar-refractivity contribution in [3.05, 3.63) is 140 Å². The van der Waals surface area contributed by atoms with Crippen molar-refractivity contribution in [1.29, 1.82) is 0 Å². The number of ether oxygens (including phenoxy) is 1. The highest BCUT2D eigenvalue weighted by Gasteiger charge is 2.26. The van der Waals surface area contributed by atoms with E-state index in [4.69, 9.17) is 4.74 Å². The summed E-state index contributed by atoms with van der Waals surface area (Å²) in [5.74, 6) is -1.20. The molecule has 6 heteroatoms. The molecule has 1 aliphatic heterocycles. The summed E-state index contributed by atoms with van der Waals surface area (Å²) in [6, 6.07) is 19.6. The lowest BCUT2D eigenvalue weighted by Gasteiger charge is -2.33. The van der Waals surface area contributed by atoms with Crippen LogP contribution >= 0.6 is 0 Å². The van der Waals surface area contributed by atoms with Gasteiger partial charge in [0.1, 0.15) is 17.5 Å². The highest BCUT2D eigenvalue weighted by atomic mass is 19.2. The average Bonchev–Trinajstić information content (AvgIpc) is 3.07. The molecule has 2 unspecified atom stereocenters. The van der Waals surface area contributed by atoms with Crippen LogP contribution in [0.2, 0.25) is 0 Å². The molecule has 0 spiro atoms. The van der Waals surface area contributed by atoms with Crippen LogP contribution in [0.5, 0.6) is 0 Å². The van der Waals surface area contributed by atoms with E-state index in [-0.39, 0.29) is 28.9 Å². The Bertz CT molecular complexity index is 1660. The Balaban J connectivity index is 0.000000212. The average molecular weight is 677 g/mol. The van der Waals surface area contributed by atoms with E-state index in [0.29, 0.717) is 17.2 Å². The molecule has 2 atom stereocenters. The lowest BCUT2D eigenvalue weighted by Crippen LogP contribution is -2.28. The van der Waals surface area contributed by atoms with Crippen molar-refractivity contribution in [3.8, 4) is 0 Å². The molecule has 262 valence electrons. The van der Waals surface area contributed by atoms with Crippen LogP contribution < -0.4 is 0 Å². The van der Waals surface area contributed by atoms with E-state index >= 15 is 0 Å². The Morgan fingerprint density at radius 3 is 1.84 bits per heavy atom. The summed E-state index contributed by atoms with van der Waals surface area (Å²) in [6.45, 7) is 8.06. The van der Waals surface area contributed by atoms with Gasteiger partial charge >= 0.3 is 0 Å². The van der Waals surface area contributed by atoms with E-state index in [1.807, 2.05) is 19.1 Å². The number of benzene rings is 4. The minimum atomic E-state index is -1.06. The maximum Gasteiger partial charge on any atom is 0.162 e. The Kier molecular flexibility index (Phi) is 12.7. The van der Waals surface area contributed by atoms with Gasteiger partial charge in [0.05, 0.1) is 6.10 Å². The first-order valence-electron chi connectivity index (χ1n) is 17.8. The van der Waals surface area contributed by atoms with Crippen LogP contribution in [0, 0.1) is 67.6 Å². The number of aryl methyl sites for hydroxylation is 3. The molecule has 2 aliphatic rings. The molecule has 1 heterocycles. The van der Waals surface area contributed by atoms with Crippen LogP contribution in [0.25, 0.3) is 0 Å². The molecule has 0 aromatic heterocycles. The van der Waals surface area contributed by atoms with E-state index in [0.717, 1.165) is 36.3 Å². The molecule has 0 radical (unpaired) electrons. The second-order valence-electron chi connectivity index (χ2n) is 14.6. The van der Waals surface area contributed by atoms with Crippen molar-refractivity contribution in [2.75, 3.05) is 6.61 Å². The van der Waals surface area contributed by atoms with E-state index in [1.165, 1.54) is 93.7 Å². The van der Waals surface area contributed by atoms with Gasteiger partial charge in [-0.05, 0) is 141 Å². The van der Waals surface area contributed by atoms with Gasteiger partial charge in [-0.2, -0.15) is 0 Å². The lowest BCUT2D eigenvalue weighted by atomic mass is 9.76. The highest BCUT2D eigenvalue weighted by Crippen LogP contribution is 2.35. The molecule has 0 bridgehead atoms. The third-order valence-corrected chi connectivity index (χ3v) is 10.4. The lowest BCUT2D eigenvalue weighted by molar-refractivity contribution is -0.0267. The topological polar surface area (TPSA) is 9.23 Å². The normalized spacial score (nSPS) is 20.8. The Labute approximate surface area is 288 Å². The largest absolute Gasteiger partial charge is 0.378 e. The summed E-state index contributed by atoms with van der Waals surface area (Å²) in [5, 5.41) is 0. The van der Waals surface area contributed by atoms with Gasteiger partial charge in [-0.15, -0.1) is 0 Å². The maximum atomic E-state index is 13.8. The summed E-state index contributed by atoms with van der Waals surface area (Å²) < 4.78 is 74.2. The van der Waals surface area contributed by atoms with Crippen LogP contribution in [-0.2, 0) is 24.0 Å². The molecule has 1 saturated heterocycles. The SMILES string of the molecule is Cc1cc(F)c(Cc2ccc(C)c(F)c2F)c(F)c1.Cc1ccc(Cc2ccc(CC3CCC(CC4CCC(C)CO4)CC3)cc2)cc1F. The first kappa shape index (κ1) is 36.8. The smallest absolute Gasteiger partial charge is 0.162 e. The Morgan fingerprint density at radius 2 is 1.20 bits per heavy atom. The summed E-state index contributed by atoms with van der Waals surface area (Å²) in [4.78, 5) is 0. The fraction of sp³-hybridized carbons (Fsp3) is 0.442. The van der Waals surface area contributed by atoms with Crippen molar-refractivity contribution < 1.29 is 26.7 Å². The first-order chi connectivity index (χ1) is 23.4. The van der Waals surface area contributed by atoms with Gasteiger partial charge in [-0.1, -0.05) is 68.3 Å². The molecule has 0 amide bonds. The number of rotatable bonds is 8. The van der Waals surface area contributed by atoms with Crippen LogP contribution in [0.3, 0.4) is 0 Å². The minimum Gasteiger partial charge on any atom is -0.378 e. The molecule has 49 heavy (non-hydrogen) atoms. The highest BCUT2D eigenvalue weighted by molar-refractivity contribution is 5.34. The Morgan fingerprint density at radius 1 is 0.592 bits per heavy atom. The second kappa shape index (κ2) is 16.9. The van der Waals surface area contributed by atoms with Gasteiger partial charge < -0.3 is 4.74 Å². The van der Waals surface area contributed by atoms with Crippen molar-refractivity contribution >= 4 is 0 Å². The predicted molar refractivity (Wildman–Crippen MR) is 187 cm³/mol. The summed E-state index contributed by atoms with van der Waals surface area (Å²) in [6.07, 6.45) is 11.6. The monoisotopic (exact) mass is 676 g/mol. The van der Waals surface area contributed by atoms with Gasteiger partial charge in [-0.3, -0.25) is 0 Å². The summed E-state index contributed by atoms with van der Waals surface area (Å²) in [5.41, 5.74) is 4.73. The van der Waals surface area contributed by atoms with Crippen molar-refractivity contribution in [2.45, 2.75) is 98.0 Å². The summed E-state index contributed by atoms with van der Waals surface area (Å²) >= 11 is 0. The standard InChI is InChI=1S/C28H37FO.C15H12F4/c1-20-3-14-27(30-19-20)17-25-12-10-23(11-13-25)15-22-6-8-24(9-7-22)16-26-5-4-21(2)28(29)18-26;1-8-5-12(16)11(13(17)6-8)7-10-4-3-9(2)14(18)15(10)19/h4-9,18,20,23,25,27H,3,10-17,19H2,1-2H3;3-6H,7H2,1-2H3. The van der Waals surface area contributed by atoms with Gasteiger partial charge in [0, 0.05) is 18.6 Å². The van der Waals surface area contributed by atoms with Gasteiger partial charge in [0.2, 0.25) is 0 Å². The molecule has 1 saturated carbocycles. The molecule has 4 aromatic carbocycles. The zero-order valence-electron chi connectivity index (χ0n) is 29.2. The van der Waals surface area contributed by atoms with Crippen LogP contribution in [-0.4, -0.2) is 12.7 Å². The quantitative estimate of drug-likeness (QED) is 0.169. The van der Waals surface area contributed by atoms with E-state index in [9.17, 15) is 22.0 Å². The first-order valence-corrected chi connectivity index (χ1v) is 17.8. The molecule has 0 N–H and O–H groups in total. The zero-order chi connectivity index (χ0) is 35.1. The molecule has 1 aliphatic carbocycles. The van der Waals surface area contributed by atoms with Crippen LogP contribution in [0.4, 0.5) is 22.0 Å². The number of hydrogen-bond acceptors (Lipinski definition) is 1. The maximum absolute atomic E-state index is 13.8. The van der Waals surface area contributed by atoms with Crippen molar-refractivity contribution in [2.24, 2.45) is 17.8 Å². The van der Waals surface area contributed by atoms with Gasteiger partial charge in [0.25, 0.3) is 0 Å². The molecule has 6 rings (SSSR count). The van der Waals surface area contributed by atoms with Crippen LogP contribution in [0.15, 0.2) is 66.7 Å². The van der Waals surface area contributed by atoms with Gasteiger partial charge in [0.15, 0.2) is 11.6 Å². The van der Waals surface area contributed by atoms with E-state index in [2.05, 4.69) is 31.2 Å². The van der Waals surface area contributed by atoms with Crippen molar-refractivity contribution in [1.82, 2.24) is 0 Å². The van der Waals surface area contributed by atoms with E-state index in [1.54, 1.807) is 13.0 Å². The molecule has 1 nitrogen and oxygen atoms in total. The molecule has 2 fully saturated rings. The number of hydrogen-bond donors (Lipinski definition) is 0. The third-order valence-electron chi connectivity index (χ3n) is 10.4. The Hall–Kier alpha value is -3.51. The molecular formula is C43H49F5O. The van der Waals surface area contributed by atoms with Crippen LogP contribution in [0.1, 0.15) is 96.4 Å². The predicted octanol–water partition coefficient (Wildman–Crippen LogP) is 11.7. The minimum absolute atomic E-state index is 0.0650. The fourth-order valence-electron chi connectivity index (χ4n) is 7.19. The fourth-order valence-corrected chi connectivity index (χ4v) is 7.19. The second-order valence-corrected chi connectivity index (χ2v) is 14.6. The van der Waals surface area contributed by atoms with Crippen molar-refractivity contribution in [3.63, 3.8) is 0 Å². The van der Waals surface area contributed by atoms with Gasteiger partial charge in [-0.25, -0.2) is 22.0 Å². The van der Waals surface area contributed by atoms with E-state index < -0.39 is 23.3 Å². The third kappa shape index (κ3) is 10.3. The zero-order valence-corrected chi connectivity index (χ0v) is 29.2. The molecular weight excluding hydrogens is 627 g/mol. The molecule has 4 aromatic rings.